The minimum Gasteiger partial charge on any atom is -0.507 e. The van der Waals surface area contributed by atoms with Gasteiger partial charge in [0.25, 0.3) is 5.69 Å². The highest BCUT2D eigenvalue weighted by Gasteiger charge is 2.11. The number of hydrogen-bond donors (Lipinski definition) is 1. The SMILES string of the molecule is O=Cc1cccc(-c2ccc([N+](=O)[O-])cc2O)c1. The molecule has 2 aromatic carbocycles. The third kappa shape index (κ3) is 2.20. The Balaban J connectivity index is 2.50. The Hall–Kier alpha value is -2.69. The van der Waals surface area contributed by atoms with Gasteiger partial charge in [0, 0.05) is 17.2 Å². The van der Waals surface area contributed by atoms with Gasteiger partial charge < -0.3 is 5.11 Å². The van der Waals surface area contributed by atoms with Gasteiger partial charge in [-0.05, 0) is 17.7 Å². The van der Waals surface area contributed by atoms with Crippen LogP contribution in [0.3, 0.4) is 0 Å². The Labute approximate surface area is 102 Å². The maximum atomic E-state index is 10.7. The van der Waals surface area contributed by atoms with Crippen molar-refractivity contribution in [3.63, 3.8) is 0 Å². The number of nitrogens with zero attached hydrogens (tertiary/aromatic N) is 1. The number of phenolic OH excluding ortho intramolecular Hbond substituents is 1. The van der Waals surface area contributed by atoms with Gasteiger partial charge in [-0.1, -0.05) is 18.2 Å². The zero-order valence-corrected chi connectivity index (χ0v) is 9.24. The van der Waals surface area contributed by atoms with E-state index in [1.54, 1.807) is 24.3 Å². The van der Waals surface area contributed by atoms with Crippen LogP contribution in [0.15, 0.2) is 42.5 Å². The van der Waals surface area contributed by atoms with Crippen LogP contribution >= 0.6 is 0 Å². The standard InChI is InChI=1S/C13H9NO4/c15-8-9-2-1-3-10(6-9)12-5-4-11(14(17)18)7-13(12)16/h1-8,16H. The number of rotatable bonds is 3. The Bertz CT molecular complexity index is 622. The highest BCUT2D eigenvalue weighted by molar-refractivity contribution is 5.80. The molecule has 0 aliphatic rings. The number of aromatic hydroxyl groups is 1. The molecule has 90 valence electrons. The van der Waals surface area contributed by atoms with Crippen molar-refractivity contribution in [2.45, 2.75) is 0 Å². The van der Waals surface area contributed by atoms with E-state index in [4.69, 9.17) is 0 Å². The molecule has 18 heavy (non-hydrogen) atoms. The number of aldehydes is 1. The van der Waals surface area contributed by atoms with Crippen LogP contribution in [0.4, 0.5) is 5.69 Å². The fourth-order valence-corrected chi connectivity index (χ4v) is 1.66. The first-order valence-electron chi connectivity index (χ1n) is 5.15. The molecule has 0 unspecified atom stereocenters. The fourth-order valence-electron chi connectivity index (χ4n) is 1.66. The predicted octanol–water partition coefficient (Wildman–Crippen LogP) is 2.78. The van der Waals surface area contributed by atoms with Gasteiger partial charge in [-0.25, -0.2) is 0 Å². The lowest BCUT2D eigenvalue weighted by Gasteiger charge is -2.05. The normalized spacial score (nSPS) is 10.0. The van der Waals surface area contributed by atoms with Crippen molar-refractivity contribution in [2.75, 3.05) is 0 Å². The number of carbonyl (C=O) groups excluding carboxylic acids is 1. The van der Waals surface area contributed by atoms with Crippen LogP contribution in [0.25, 0.3) is 11.1 Å². The van der Waals surface area contributed by atoms with Gasteiger partial charge in [0.15, 0.2) is 0 Å². The number of hydrogen-bond acceptors (Lipinski definition) is 4. The van der Waals surface area contributed by atoms with Gasteiger partial charge in [-0.2, -0.15) is 0 Å². The molecule has 2 rings (SSSR count). The molecule has 0 amide bonds. The molecular formula is C13H9NO4. The van der Waals surface area contributed by atoms with Gasteiger partial charge in [-0.3, -0.25) is 14.9 Å². The summed E-state index contributed by atoms with van der Waals surface area (Å²) < 4.78 is 0. The van der Waals surface area contributed by atoms with Crippen molar-refractivity contribution < 1.29 is 14.8 Å². The number of nitro groups is 1. The van der Waals surface area contributed by atoms with E-state index in [-0.39, 0.29) is 11.4 Å². The maximum absolute atomic E-state index is 10.7. The molecule has 0 fully saturated rings. The molecule has 0 spiro atoms. The largest absolute Gasteiger partial charge is 0.507 e. The minimum absolute atomic E-state index is 0.178. The Morgan fingerprint density at radius 3 is 2.56 bits per heavy atom. The van der Waals surface area contributed by atoms with Crippen LogP contribution in [0.5, 0.6) is 5.75 Å². The van der Waals surface area contributed by atoms with Gasteiger partial charge >= 0.3 is 0 Å². The zero-order chi connectivity index (χ0) is 13.1. The molecule has 0 aromatic heterocycles. The fraction of sp³-hybridized carbons (Fsp3) is 0. The summed E-state index contributed by atoms with van der Waals surface area (Å²) in [5.74, 6) is -0.188. The molecule has 0 aliphatic carbocycles. The third-order valence-electron chi connectivity index (χ3n) is 2.53. The summed E-state index contributed by atoms with van der Waals surface area (Å²) in [4.78, 5) is 20.6. The second kappa shape index (κ2) is 4.67. The smallest absolute Gasteiger partial charge is 0.273 e. The van der Waals surface area contributed by atoms with Crippen molar-refractivity contribution in [1.82, 2.24) is 0 Å². The highest BCUT2D eigenvalue weighted by atomic mass is 16.6. The summed E-state index contributed by atoms with van der Waals surface area (Å²) in [5, 5.41) is 20.3. The van der Waals surface area contributed by atoms with Crippen molar-refractivity contribution in [3.05, 3.63) is 58.1 Å². The van der Waals surface area contributed by atoms with Crippen LogP contribution in [0.2, 0.25) is 0 Å². The van der Waals surface area contributed by atoms with Crippen LogP contribution in [0, 0.1) is 10.1 Å². The number of phenols is 1. The Morgan fingerprint density at radius 1 is 1.17 bits per heavy atom. The molecular weight excluding hydrogens is 234 g/mol. The van der Waals surface area contributed by atoms with E-state index in [2.05, 4.69) is 0 Å². The molecule has 0 atom stereocenters. The molecule has 5 heteroatoms. The Kier molecular flexibility index (Phi) is 3.05. The quantitative estimate of drug-likeness (QED) is 0.510. The maximum Gasteiger partial charge on any atom is 0.273 e. The van der Waals surface area contributed by atoms with Crippen LogP contribution in [-0.4, -0.2) is 16.3 Å². The second-order valence-electron chi connectivity index (χ2n) is 3.70. The van der Waals surface area contributed by atoms with E-state index in [0.717, 1.165) is 6.07 Å². The Morgan fingerprint density at radius 2 is 1.94 bits per heavy atom. The number of benzene rings is 2. The van der Waals surface area contributed by atoms with E-state index >= 15 is 0 Å². The van der Waals surface area contributed by atoms with Crippen molar-refractivity contribution in [2.24, 2.45) is 0 Å². The molecule has 2 aromatic rings. The van der Waals surface area contributed by atoms with Crippen LogP contribution in [-0.2, 0) is 0 Å². The average Bonchev–Trinajstić information content (AvgIpc) is 2.38. The predicted molar refractivity (Wildman–Crippen MR) is 65.6 cm³/mol. The molecule has 0 saturated carbocycles. The monoisotopic (exact) mass is 243 g/mol. The lowest BCUT2D eigenvalue weighted by molar-refractivity contribution is -0.384. The summed E-state index contributed by atoms with van der Waals surface area (Å²) in [5.41, 5.74) is 1.38. The van der Waals surface area contributed by atoms with E-state index in [1.165, 1.54) is 12.1 Å². The molecule has 0 radical (unpaired) electrons. The van der Waals surface area contributed by atoms with Gasteiger partial charge in [0.1, 0.15) is 12.0 Å². The summed E-state index contributed by atoms with van der Waals surface area (Å²) in [6.07, 6.45) is 0.700. The van der Waals surface area contributed by atoms with Gasteiger partial charge in [0.2, 0.25) is 0 Å². The lowest BCUT2D eigenvalue weighted by Crippen LogP contribution is -1.88. The van der Waals surface area contributed by atoms with Gasteiger partial charge in [0.05, 0.1) is 11.0 Å². The summed E-state index contributed by atoms with van der Waals surface area (Å²) >= 11 is 0. The number of non-ortho nitro benzene ring substituents is 1. The van der Waals surface area contributed by atoms with E-state index < -0.39 is 4.92 Å². The average molecular weight is 243 g/mol. The zero-order valence-electron chi connectivity index (χ0n) is 9.24. The first kappa shape index (κ1) is 11.8. The topological polar surface area (TPSA) is 80.4 Å². The molecule has 0 heterocycles. The first-order chi connectivity index (χ1) is 8.61. The van der Waals surface area contributed by atoms with Crippen LogP contribution in [0.1, 0.15) is 10.4 Å². The van der Waals surface area contributed by atoms with Gasteiger partial charge in [-0.15, -0.1) is 0 Å². The second-order valence-corrected chi connectivity index (χ2v) is 3.70. The molecule has 0 bridgehead atoms. The number of nitro benzene ring substituents is 1. The molecule has 1 N–H and O–H groups in total. The van der Waals surface area contributed by atoms with E-state index in [9.17, 15) is 20.0 Å². The molecule has 5 nitrogen and oxygen atoms in total. The summed E-state index contributed by atoms with van der Waals surface area (Å²) in [6, 6.07) is 10.5. The van der Waals surface area contributed by atoms with Crippen molar-refractivity contribution >= 4 is 12.0 Å². The van der Waals surface area contributed by atoms with E-state index in [1.807, 2.05) is 0 Å². The first-order valence-corrected chi connectivity index (χ1v) is 5.15. The summed E-state index contributed by atoms with van der Waals surface area (Å²) in [7, 11) is 0. The third-order valence-corrected chi connectivity index (χ3v) is 2.53. The highest BCUT2D eigenvalue weighted by Crippen LogP contribution is 2.32. The van der Waals surface area contributed by atoms with E-state index in [0.29, 0.717) is 23.0 Å². The lowest BCUT2D eigenvalue weighted by atomic mass is 10.0. The van der Waals surface area contributed by atoms with Crippen LogP contribution < -0.4 is 0 Å². The van der Waals surface area contributed by atoms with Crippen molar-refractivity contribution in [1.29, 1.82) is 0 Å². The minimum atomic E-state index is -0.578. The number of carbonyl (C=O) groups is 1. The molecule has 0 aliphatic heterocycles. The molecule has 0 saturated heterocycles. The van der Waals surface area contributed by atoms with Crippen molar-refractivity contribution in [3.8, 4) is 16.9 Å². The summed E-state index contributed by atoms with van der Waals surface area (Å²) in [6.45, 7) is 0.